The van der Waals surface area contributed by atoms with E-state index in [1.54, 1.807) is 6.20 Å². The quantitative estimate of drug-likeness (QED) is 0.545. The average Bonchev–Trinajstić information content (AvgIpc) is 2.39. The van der Waals surface area contributed by atoms with E-state index in [1.165, 1.54) is 6.20 Å². The number of carboxylic acid groups (broad SMARTS) is 1. The van der Waals surface area contributed by atoms with E-state index in [0.29, 0.717) is 5.82 Å². The fraction of sp³-hybridized carbons (Fsp3) is 0.333. The normalized spacial score (nSPS) is 12.8. The van der Waals surface area contributed by atoms with E-state index in [0.717, 1.165) is 0 Å². The summed E-state index contributed by atoms with van der Waals surface area (Å²) >= 11 is 0. The molecule has 0 bridgehead atoms. The number of nitrogens with zero attached hydrogens (tertiary/aromatic N) is 1. The standard InChI is InChI=1S/C6H8N2O3/c9-4(6(10)11)3-5-7-1-2-8-5/h1-2,4,9H,3H2,(H,7,8)(H,10,11). The van der Waals surface area contributed by atoms with Gasteiger partial charge in [0.2, 0.25) is 0 Å². The van der Waals surface area contributed by atoms with Crippen LogP contribution in [-0.4, -0.2) is 32.3 Å². The summed E-state index contributed by atoms with van der Waals surface area (Å²) < 4.78 is 0. The Kier molecular flexibility index (Phi) is 2.22. The molecule has 0 aromatic carbocycles. The summed E-state index contributed by atoms with van der Waals surface area (Å²) in [6, 6.07) is 0. The van der Waals surface area contributed by atoms with Gasteiger partial charge in [0.05, 0.1) is 0 Å². The highest BCUT2D eigenvalue weighted by atomic mass is 16.4. The van der Waals surface area contributed by atoms with E-state index < -0.39 is 12.1 Å². The molecule has 0 spiro atoms. The van der Waals surface area contributed by atoms with E-state index in [9.17, 15) is 4.79 Å². The molecular weight excluding hydrogens is 148 g/mol. The topological polar surface area (TPSA) is 86.2 Å². The van der Waals surface area contributed by atoms with Crippen LogP contribution in [0.1, 0.15) is 5.82 Å². The third-order valence-corrected chi connectivity index (χ3v) is 1.23. The minimum absolute atomic E-state index is 0.0162. The molecule has 0 saturated carbocycles. The first-order valence-corrected chi connectivity index (χ1v) is 3.09. The SMILES string of the molecule is O=C(O)C(O)Cc1ncc[nH]1. The number of hydrogen-bond acceptors (Lipinski definition) is 3. The number of hydrogen-bond donors (Lipinski definition) is 3. The van der Waals surface area contributed by atoms with Crippen LogP contribution in [0.2, 0.25) is 0 Å². The first-order chi connectivity index (χ1) is 5.20. The highest BCUT2D eigenvalue weighted by Gasteiger charge is 2.14. The fourth-order valence-electron chi connectivity index (χ4n) is 0.680. The number of carboxylic acids is 1. The maximum absolute atomic E-state index is 10.1. The lowest BCUT2D eigenvalue weighted by Crippen LogP contribution is -2.22. The molecule has 0 aliphatic carbocycles. The van der Waals surface area contributed by atoms with E-state index in [2.05, 4.69) is 9.97 Å². The molecule has 1 rings (SSSR count). The Morgan fingerprint density at radius 3 is 3.00 bits per heavy atom. The van der Waals surface area contributed by atoms with Crippen LogP contribution >= 0.6 is 0 Å². The number of imidazole rings is 1. The largest absolute Gasteiger partial charge is 0.479 e. The van der Waals surface area contributed by atoms with E-state index >= 15 is 0 Å². The van der Waals surface area contributed by atoms with Crippen molar-refractivity contribution >= 4 is 5.97 Å². The van der Waals surface area contributed by atoms with Crippen molar-refractivity contribution in [3.8, 4) is 0 Å². The predicted molar refractivity (Wildman–Crippen MR) is 35.9 cm³/mol. The average molecular weight is 156 g/mol. The minimum Gasteiger partial charge on any atom is -0.479 e. The molecule has 1 heterocycles. The number of aliphatic hydroxyl groups excluding tert-OH is 1. The molecule has 0 saturated heterocycles. The second kappa shape index (κ2) is 3.16. The molecule has 0 radical (unpaired) electrons. The zero-order valence-corrected chi connectivity index (χ0v) is 5.69. The summed E-state index contributed by atoms with van der Waals surface area (Å²) in [5.74, 6) is -0.763. The van der Waals surface area contributed by atoms with Gasteiger partial charge < -0.3 is 15.2 Å². The smallest absolute Gasteiger partial charge is 0.332 e. The van der Waals surface area contributed by atoms with Crippen LogP contribution in [0.25, 0.3) is 0 Å². The van der Waals surface area contributed by atoms with Gasteiger partial charge in [0.25, 0.3) is 0 Å². The molecule has 1 aromatic heterocycles. The molecule has 0 amide bonds. The van der Waals surface area contributed by atoms with Crippen LogP contribution in [0.15, 0.2) is 12.4 Å². The van der Waals surface area contributed by atoms with Gasteiger partial charge in [0.1, 0.15) is 5.82 Å². The van der Waals surface area contributed by atoms with Gasteiger partial charge in [-0.2, -0.15) is 0 Å². The Bertz CT molecular complexity index is 232. The summed E-state index contributed by atoms with van der Waals surface area (Å²) in [4.78, 5) is 16.6. The van der Waals surface area contributed by atoms with Crippen molar-refractivity contribution in [1.82, 2.24) is 9.97 Å². The van der Waals surface area contributed by atoms with E-state index in [-0.39, 0.29) is 6.42 Å². The maximum Gasteiger partial charge on any atom is 0.332 e. The van der Waals surface area contributed by atoms with Crippen molar-refractivity contribution in [1.29, 1.82) is 0 Å². The number of H-pyrrole nitrogens is 1. The third-order valence-electron chi connectivity index (χ3n) is 1.23. The Morgan fingerprint density at radius 1 is 1.82 bits per heavy atom. The van der Waals surface area contributed by atoms with Crippen molar-refractivity contribution in [2.24, 2.45) is 0 Å². The second-order valence-corrected chi connectivity index (χ2v) is 2.09. The summed E-state index contributed by atoms with van der Waals surface area (Å²) in [6.45, 7) is 0. The number of carbonyl (C=O) groups is 1. The number of aliphatic hydroxyl groups is 1. The number of aliphatic carboxylic acids is 1. The van der Waals surface area contributed by atoms with Crippen LogP contribution in [-0.2, 0) is 11.2 Å². The lowest BCUT2D eigenvalue weighted by molar-refractivity contribution is -0.146. The van der Waals surface area contributed by atoms with Crippen LogP contribution < -0.4 is 0 Å². The number of aromatic amines is 1. The van der Waals surface area contributed by atoms with Gasteiger partial charge in [0, 0.05) is 18.8 Å². The Balaban J connectivity index is 2.50. The second-order valence-electron chi connectivity index (χ2n) is 2.09. The molecule has 1 unspecified atom stereocenters. The molecule has 0 aliphatic rings. The van der Waals surface area contributed by atoms with Crippen LogP contribution in [0.3, 0.4) is 0 Å². The predicted octanol–water partition coefficient (Wildman–Crippen LogP) is -0.602. The lowest BCUT2D eigenvalue weighted by Gasteiger charge is -2.00. The van der Waals surface area contributed by atoms with E-state index in [4.69, 9.17) is 10.2 Å². The Hall–Kier alpha value is -1.36. The molecular formula is C6H8N2O3. The summed E-state index contributed by atoms with van der Waals surface area (Å²) in [6.07, 6.45) is 1.72. The van der Waals surface area contributed by atoms with Gasteiger partial charge in [0.15, 0.2) is 6.10 Å². The molecule has 3 N–H and O–H groups in total. The molecule has 5 nitrogen and oxygen atoms in total. The molecule has 5 heteroatoms. The zero-order valence-electron chi connectivity index (χ0n) is 5.69. The van der Waals surface area contributed by atoms with Crippen molar-refractivity contribution in [3.05, 3.63) is 18.2 Å². The summed E-state index contributed by atoms with van der Waals surface area (Å²) in [5.41, 5.74) is 0. The molecule has 1 atom stereocenters. The first kappa shape index (κ1) is 7.74. The third kappa shape index (κ3) is 2.05. The first-order valence-electron chi connectivity index (χ1n) is 3.09. The van der Waals surface area contributed by atoms with Crippen molar-refractivity contribution in [3.63, 3.8) is 0 Å². The highest BCUT2D eigenvalue weighted by molar-refractivity contribution is 5.72. The van der Waals surface area contributed by atoms with Crippen LogP contribution in [0.5, 0.6) is 0 Å². The molecule has 0 aliphatic heterocycles. The van der Waals surface area contributed by atoms with Crippen LogP contribution in [0, 0.1) is 0 Å². The lowest BCUT2D eigenvalue weighted by atomic mass is 10.2. The van der Waals surface area contributed by atoms with Gasteiger partial charge >= 0.3 is 5.97 Å². The van der Waals surface area contributed by atoms with Gasteiger partial charge in [-0.1, -0.05) is 0 Å². The van der Waals surface area contributed by atoms with E-state index in [1.807, 2.05) is 0 Å². The molecule has 1 aromatic rings. The van der Waals surface area contributed by atoms with Crippen LogP contribution in [0.4, 0.5) is 0 Å². The zero-order chi connectivity index (χ0) is 8.27. The van der Waals surface area contributed by atoms with Gasteiger partial charge in [-0.3, -0.25) is 0 Å². The maximum atomic E-state index is 10.1. The van der Waals surface area contributed by atoms with Gasteiger partial charge in [-0.25, -0.2) is 9.78 Å². The Labute approximate surface area is 62.7 Å². The Morgan fingerprint density at radius 2 is 2.55 bits per heavy atom. The van der Waals surface area contributed by atoms with Crippen molar-refractivity contribution < 1.29 is 15.0 Å². The van der Waals surface area contributed by atoms with Gasteiger partial charge in [-0.15, -0.1) is 0 Å². The number of rotatable bonds is 3. The fourth-order valence-corrected chi connectivity index (χ4v) is 0.680. The minimum atomic E-state index is -1.37. The molecule has 60 valence electrons. The monoisotopic (exact) mass is 156 g/mol. The number of aromatic nitrogens is 2. The summed E-state index contributed by atoms with van der Waals surface area (Å²) in [7, 11) is 0. The van der Waals surface area contributed by atoms with Crippen molar-refractivity contribution in [2.75, 3.05) is 0 Å². The number of nitrogens with one attached hydrogen (secondary N) is 1. The summed E-state index contributed by atoms with van der Waals surface area (Å²) in [5, 5.41) is 17.1. The molecule has 11 heavy (non-hydrogen) atoms. The molecule has 0 fully saturated rings. The van der Waals surface area contributed by atoms with Crippen molar-refractivity contribution in [2.45, 2.75) is 12.5 Å². The van der Waals surface area contributed by atoms with Gasteiger partial charge in [-0.05, 0) is 0 Å². The highest BCUT2D eigenvalue weighted by Crippen LogP contribution is 1.95.